The minimum atomic E-state index is -3.56. The number of carbonyl (C=O) groups excluding carboxylic acids is 2. The van der Waals surface area contributed by atoms with Gasteiger partial charge in [-0.2, -0.15) is 0 Å². The Morgan fingerprint density at radius 2 is 1.51 bits per heavy atom. The van der Waals surface area contributed by atoms with E-state index in [1.807, 2.05) is 94.4 Å². The Balaban J connectivity index is 1.90. The summed E-state index contributed by atoms with van der Waals surface area (Å²) in [5, 5.41) is 3.06. The van der Waals surface area contributed by atoms with E-state index in [1.54, 1.807) is 17.0 Å². The van der Waals surface area contributed by atoms with Crippen molar-refractivity contribution in [2.45, 2.75) is 65.1 Å². The lowest BCUT2D eigenvalue weighted by atomic mass is 10.00. The Kier molecular flexibility index (Phi) is 11.2. The first-order valence-corrected chi connectivity index (χ1v) is 16.3. The Labute approximate surface area is 253 Å². The van der Waals surface area contributed by atoms with Gasteiger partial charge in [0.25, 0.3) is 0 Å². The van der Waals surface area contributed by atoms with Crippen LogP contribution >= 0.6 is 15.9 Å². The molecule has 0 aliphatic carbocycles. The van der Waals surface area contributed by atoms with Crippen molar-refractivity contribution in [1.29, 1.82) is 0 Å². The average molecular weight is 643 g/mol. The molecule has 0 fully saturated rings. The van der Waals surface area contributed by atoms with Crippen molar-refractivity contribution in [2.24, 2.45) is 0 Å². The molecule has 0 heterocycles. The molecular formula is C32H40BrN3O4S. The number of hydrogen-bond acceptors (Lipinski definition) is 4. The minimum Gasteiger partial charge on any atom is -0.350 e. The van der Waals surface area contributed by atoms with Crippen molar-refractivity contribution in [2.75, 3.05) is 17.1 Å². The zero-order valence-electron chi connectivity index (χ0n) is 24.4. The number of nitrogens with zero attached hydrogens (tertiary/aromatic N) is 2. The summed E-state index contributed by atoms with van der Waals surface area (Å²) < 4.78 is 27.6. The number of benzene rings is 3. The third-order valence-electron chi connectivity index (χ3n) is 6.57. The fraction of sp³-hybridized carbons (Fsp3) is 0.375. The third kappa shape index (κ3) is 10.0. The Morgan fingerprint density at radius 1 is 0.902 bits per heavy atom. The largest absolute Gasteiger partial charge is 0.350 e. The number of anilines is 1. The second kappa shape index (κ2) is 14.1. The highest BCUT2D eigenvalue weighted by Gasteiger charge is 2.32. The molecule has 0 spiro atoms. The van der Waals surface area contributed by atoms with Crippen LogP contribution in [0, 0.1) is 6.92 Å². The van der Waals surface area contributed by atoms with Crippen molar-refractivity contribution >= 4 is 43.5 Å². The number of nitrogens with one attached hydrogen (secondary N) is 1. The van der Waals surface area contributed by atoms with E-state index in [0.29, 0.717) is 18.5 Å². The number of amides is 2. The fourth-order valence-corrected chi connectivity index (χ4v) is 5.91. The van der Waals surface area contributed by atoms with Gasteiger partial charge in [-0.05, 0) is 69.0 Å². The topological polar surface area (TPSA) is 86.8 Å². The molecule has 0 aliphatic rings. The summed E-state index contributed by atoms with van der Waals surface area (Å²) in [5.74, 6) is -0.444. The van der Waals surface area contributed by atoms with Gasteiger partial charge in [0.2, 0.25) is 21.8 Å². The molecule has 1 atom stereocenters. The molecule has 1 N–H and O–H groups in total. The van der Waals surface area contributed by atoms with Gasteiger partial charge in [-0.15, -0.1) is 0 Å². The third-order valence-corrected chi connectivity index (χ3v) is 8.28. The van der Waals surface area contributed by atoms with Crippen molar-refractivity contribution in [3.05, 3.63) is 100 Å². The number of carbonyl (C=O) groups is 2. The molecule has 0 saturated heterocycles. The van der Waals surface area contributed by atoms with Gasteiger partial charge in [-0.3, -0.25) is 13.9 Å². The summed E-state index contributed by atoms with van der Waals surface area (Å²) in [4.78, 5) is 29.2. The van der Waals surface area contributed by atoms with Crippen molar-refractivity contribution in [1.82, 2.24) is 10.2 Å². The molecule has 9 heteroatoms. The monoisotopic (exact) mass is 641 g/mol. The van der Waals surface area contributed by atoms with E-state index in [0.717, 1.165) is 21.2 Å². The summed E-state index contributed by atoms with van der Waals surface area (Å²) in [6.45, 7) is 8.00. The van der Waals surface area contributed by atoms with Gasteiger partial charge in [0.05, 0.1) is 11.9 Å². The molecule has 41 heavy (non-hydrogen) atoms. The number of hydrogen-bond donors (Lipinski definition) is 1. The van der Waals surface area contributed by atoms with E-state index in [4.69, 9.17) is 0 Å². The van der Waals surface area contributed by atoms with Crippen LogP contribution in [0.3, 0.4) is 0 Å². The molecule has 3 aromatic rings. The average Bonchev–Trinajstić information content (AvgIpc) is 2.89. The van der Waals surface area contributed by atoms with E-state index < -0.39 is 21.6 Å². The van der Waals surface area contributed by atoms with Crippen LogP contribution in [0.25, 0.3) is 0 Å². The van der Waals surface area contributed by atoms with Crippen LogP contribution in [0.1, 0.15) is 50.3 Å². The number of sulfonamides is 1. The van der Waals surface area contributed by atoms with Crippen molar-refractivity contribution < 1.29 is 18.0 Å². The lowest BCUT2D eigenvalue weighted by Gasteiger charge is -2.34. The minimum absolute atomic E-state index is 0.0858. The maximum absolute atomic E-state index is 13.9. The molecule has 3 aromatic carbocycles. The second-order valence-corrected chi connectivity index (χ2v) is 14.1. The Morgan fingerprint density at radius 3 is 2.10 bits per heavy atom. The van der Waals surface area contributed by atoms with Crippen LogP contribution < -0.4 is 9.62 Å². The Hall–Kier alpha value is -3.17. The van der Waals surface area contributed by atoms with Crippen LogP contribution in [-0.4, -0.2) is 49.5 Å². The SMILES string of the molecule is Cc1ccccc1N(CCCC(=O)N(Cc1ccc(Br)cc1)C(Cc1ccccc1)C(=O)NC(C)(C)C)S(C)(=O)=O. The molecule has 0 aromatic heterocycles. The van der Waals surface area contributed by atoms with Crippen LogP contribution in [0.5, 0.6) is 0 Å². The number of rotatable bonds is 12. The number of aryl methyl sites for hydroxylation is 1. The summed E-state index contributed by atoms with van der Waals surface area (Å²) in [5.41, 5.74) is 2.78. The highest BCUT2D eigenvalue weighted by Crippen LogP contribution is 2.24. The lowest BCUT2D eigenvalue weighted by molar-refractivity contribution is -0.142. The lowest BCUT2D eigenvalue weighted by Crippen LogP contribution is -2.54. The molecule has 0 radical (unpaired) electrons. The van der Waals surface area contributed by atoms with E-state index >= 15 is 0 Å². The van der Waals surface area contributed by atoms with E-state index in [1.165, 1.54) is 10.6 Å². The summed E-state index contributed by atoms with van der Waals surface area (Å²) >= 11 is 3.46. The molecule has 1 unspecified atom stereocenters. The van der Waals surface area contributed by atoms with Crippen LogP contribution in [-0.2, 0) is 32.6 Å². The van der Waals surface area contributed by atoms with Gasteiger partial charge < -0.3 is 10.2 Å². The summed E-state index contributed by atoms with van der Waals surface area (Å²) in [7, 11) is -3.56. The van der Waals surface area contributed by atoms with Crippen LogP contribution in [0.2, 0.25) is 0 Å². The van der Waals surface area contributed by atoms with Gasteiger partial charge in [0, 0.05) is 35.9 Å². The highest BCUT2D eigenvalue weighted by molar-refractivity contribution is 9.10. The zero-order valence-corrected chi connectivity index (χ0v) is 26.8. The first kappa shape index (κ1) is 32.3. The molecule has 220 valence electrons. The standard InChI is InChI=1S/C32H40BrN3O4S/c1-24-12-9-10-15-28(24)36(41(5,39)40)21-11-16-30(37)35(23-26-17-19-27(33)20-18-26)29(31(38)34-32(2,3)4)22-25-13-7-6-8-14-25/h6-10,12-15,17-20,29H,11,16,21-23H2,1-5H3,(H,34,38). The van der Waals surface area contributed by atoms with Crippen molar-refractivity contribution in [3.63, 3.8) is 0 Å². The fourth-order valence-electron chi connectivity index (χ4n) is 4.62. The highest BCUT2D eigenvalue weighted by atomic mass is 79.9. The molecule has 0 saturated carbocycles. The molecule has 7 nitrogen and oxygen atoms in total. The smallest absolute Gasteiger partial charge is 0.243 e. The first-order valence-electron chi connectivity index (χ1n) is 13.7. The molecule has 2 amide bonds. The van der Waals surface area contributed by atoms with Crippen LogP contribution in [0.4, 0.5) is 5.69 Å². The van der Waals surface area contributed by atoms with Crippen LogP contribution in [0.15, 0.2) is 83.3 Å². The zero-order chi connectivity index (χ0) is 30.2. The van der Waals surface area contributed by atoms with Gasteiger partial charge in [-0.1, -0.05) is 76.6 Å². The van der Waals surface area contributed by atoms with Crippen molar-refractivity contribution in [3.8, 4) is 0 Å². The van der Waals surface area contributed by atoms with E-state index in [2.05, 4.69) is 21.2 Å². The normalized spacial score (nSPS) is 12.4. The number of halogens is 1. The summed E-state index contributed by atoms with van der Waals surface area (Å²) in [6, 6.07) is 23.9. The number of para-hydroxylation sites is 1. The van der Waals surface area contributed by atoms with E-state index in [-0.39, 0.29) is 31.3 Å². The molecule has 0 aliphatic heterocycles. The quantitative estimate of drug-likeness (QED) is 0.268. The summed E-state index contributed by atoms with van der Waals surface area (Å²) in [6.07, 6.45) is 1.91. The molecule has 0 bridgehead atoms. The van der Waals surface area contributed by atoms with Gasteiger partial charge in [-0.25, -0.2) is 8.42 Å². The maximum Gasteiger partial charge on any atom is 0.243 e. The Bertz CT molecular complexity index is 1420. The van der Waals surface area contributed by atoms with Gasteiger partial charge >= 0.3 is 0 Å². The predicted molar refractivity (Wildman–Crippen MR) is 169 cm³/mol. The maximum atomic E-state index is 13.9. The van der Waals surface area contributed by atoms with Gasteiger partial charge in [0.1, 0.15) is 6.04 Å². The van der Waals surface area contributed by atoms with Gasteiger partial charge in [0.15, 0.2) is 0 Å². The second-order valence-electron chi connectivity index (χ2n) is 11.3. The predicted octanol–water partition coefficient (Wildman–Crippen LogP) is 5.86. The molecule has 3 rings (SSSR count). The first-order chi connectivity index (χ1) is 19.2. The molecular weight excluding hydrogens is 602 g/mol. The van der Waals surface area contributed by atoms with E-state index in [9.17, 15) is 18.0 Å².